The highest BCUT2D eigenvalue weighted by molar-refractivity contribution is 5.90. The number of carbonyl (C=O) groups is 2. The molecule has 0 radical (unpaired) electrons. The molecule has 1 saturated heterocycles. The molecule has 1 N–H and O–H groups in total. The van der Waals surface area contributed by atoms with Gasteiger partial charge in [-0.2, -0.15) is 0 Å². The van der Waals surface area contributed by atoms with Gasteiger partial charge in [-0.05, 0) is 49.6 Å². The van der Waals surface area contributed by atoms with E-state index in [0.717, 1.165) is 36.9 Å². The van der Waals surface area contributed by atoms with Gasteiger partial charge in [-0.3, -0.25) is 10.2 Å². The molecule has 3 heterocycles. The first-order chi connectivity index (χ1) is 16.0. The summed E-state index contributed by atoms with van der Waals surface area (Å²) >= 11 is 0. The highest BCUT2D eigenvalue weighted by Crippen LogP contribution is 2.28. The number of likely N-dealkylation sites (tertiary alicyclic amines) is 1. The zero-order valence-electron chi connectivity index (χ0n) is 18.7. The Hall–Kier alpha value is -3.59. The first kappa shape index (κ1) is 22.6. The fourth-order valence-electron chi connectivity index (χ4n) is 4.31. The van der Waals surface area contributed by atoms with Crippen molar-refractivity contribution in [3.05, 3.63) is 64.3 Å². The van der Waals surface area contributed by atoms with Gasteiger partial charge in [-0.25, -0.2) is 14.4 Å². The molecule has 0 atom stereocenters. The Bertz CT molecular complexity index is 1210. The maximum atomic E-state index is 12.2. The maximum Gasteiger partial charge on any atom is 0.411 e. The molecule has 0 unspecified atom stereocenters. The SMILES string of the molecule is CCOC(=O)Nc1ccc2c(CN3CCC(n4cccc4C(=O)OC)CC3)cc(=O)oc2c1. The second-order valence-corrected chi connectivity index (χ2v) is 7.95. The minimum atomic E-state index is -0.559. The standard InChI is InChI=1S/C24H27N3O6/c1-3-32-24(30)25-17-6-7-19-16(13-22(28)33-21(19)14-17)15-26-11-8-18(9-12-26)27-10-4-5-20(27)23(29)31-2/h4-7,10,13-14,18H,3,8-9,11-12,15H2,1-2H3,(H,25,30). The topological polar surface area (TPSA) is 103 Å². The lowest BCUT2D eigenvalue weighted by Crippen LogP contribution is -2.35. The van der Waals surface area contributed by atoms with Gasteiger partial charge in [0.25, 0.3) is 0 Å². The number of hydrogen-bond donors (Lipinski definition) is 1. The fourth-order valence-corrected chi connectivity index (χ4v) is 4.31. The van der Waals surface area contributed by atoms with E-state index in [1.165, 1.54) is 13.2 Å². The minimum Gasteiger partial charge on any atom is -0.464 e. The third-order valence-electron chi connectivity index (χ3n) is 5.87. The van der Waals surface area contributed by atoms with E-state index < -0.39 is 11.7 Å². The molecule has 174 valence electrons. The van der Waals surface area contributed by atoms with Crippen molar-refractivity contribution in [2.75, 3.05) is 32.1 Å². The van der Waals surface area contributed by atoms with Crippen molar-refractivity contribution in [1.29, 1.82) is 0 Å². The molecule has 0 spiro atoms. The van der Waals surface area contributed by atoms with Gasteiger partial charge in [-0.1, -0.05) is 0 Å². The molecule has 9 heteroatoms. The number of nitrogens with zero attached hydrogens (tertiary/aromatic N) is 2. The second kappa shape index (κ2) is 9.91. The number of hydrogen-bond acceptors (Lipinski definition) is 7. The summed E-state index contributed by atoms with van der Waals surface area (Å²) in [6.45, 7) is 4.25. The van der Waals surface area contributed by atoms with Crippen LogP contribution in [0.5, 0.6) is 0 Å². The summed E-state index contributed by atoms with van der Waals surface area (Å²) in [5.41, 5.74) is 1.91. The van der Waals surface area contributed by atoms with Crippen molar-refractivity contribution >= 4 is 28.7 Å². The van der Waals surface area contributed by atoms with Crippen LogP contribution in [-0.2, 0) is 16.0 Å². The fraction of sp³-hybridized carbons (Fsp3) is 0.375. The number of methoxy groups -OCH3 is 1. The van der Waals surface area contributed by atoms with E-state index in [4.69, 9.17) is 13.9 Å². The van der Waals surface area contributed by atoms with Crippen molar-refractivity contribution in [1.82, 2.24) is 9.47 Å². The van der Waals surface area contributed by atoms with E-state index in [1.54, 1.807) is 25.1 Å². The first-order valence-electron chi connectivity index (χ1n) is 11.0. The third kappa shape index (κ3) is 5.09. The Labute approximate surface area is 190 Å². The molecule has 3 aromatic rings. The number of ether oxygens (including phenoxy) is 2. The summed E-state index contributed by atoms with van der Waals surface area (Å²) in [5.74, 6) is -0.332. The van der Waals surface area contributed by atoms with Crippen LogP contribution in [0.1, 0.15) is 41.9 Å². The van der Waals surface area contributed by atoms with E-state index in [9.17, 15) is 14.4 Å². The molecule has 2 aromatic heterocycles. The van der Waals surface area contributed by atoms with Crippen LogP contribution in [0, 0.1) is 0 Å². The van der Waals surface area contributed by atoms with E-state index in [0.29, 0.717) is 23.5 Å². The molecule has 1 aliphatic rings. The number of benzene rings is 1. The van der Waals surface area contributed by atoms with E-state index in [-0.39, 0.29) is 18.6 Å². The van der Waals surface area contributed by atoms with Crippen LogP contribution in [0.25, 0.3) is 11.0 Å². The number of piperidine rings is 1. The number of fused-ring (bicyclic) bond motifs is 1. The Kier molecular flexibility index (Phi) is 6.79. The van der Waals surface area contributed by atoms with Crippen LogP contribution in [0.4, 0.5) is 10.5 Å². The number of aromatic nitrogens is 1. The van der Waals surface area contributed by atoms with Gasteiger partial charge in [0.05, 0.1) is 13.7 Å². The summed E-state index contributed by atoms with van der Waals surface area (Å²) in [6, 6.07) is 10.6. The van der Waals surface area contributed by atoms with Gasteiger partial charge in [0.15, 0.2) is 0 Å². The van der Waals surface area contributed by atoms with E-state index >= 15 is 0 Å². The van der Waals surface area contributed by atoms with Crippen LogP contribution < -0.4 is 10.9 Å². The molecule has 33 heavy (non-hydrogen) atoms. The Morgan fingerprint density at radius 3 is 2.70 bits per heavy atom. The number of amides is 1. The number of esters is 1. The Morgan fingerprint density at radius 1 is 1.18 bits per heavy atom. The summed E-state index contributed by atoms with van der Waals surface area (Å²) in [5, 5.41) is 3.44. The van der Waals surface area contributed by atoms with Gasteiger partial charge < -0.3 is 18.5 Å². The minimum absolute atomic E-state index is 0.222. The highest BCUT2D eigenvalue weighted by Gasteiger charge is 2.24. The Balaban J connectivity index is 1.46. The molecule has 0 saturated carbocycles. The van der Waals surface area contributed by atoms with Gasteiger partial charge in [0.2, 0.25) is 0 Å². The number of anilines is 1. The lowest BCUT2D eigenvalue weighted by molar-refractivity contribution is 0.0581. The lowest BCUT2D eigenvalue weighted by atomic mass is 10.0. The summed E-state index contributed by atoms with van der Waals surface area (Å²) in [6.07, 6.45) is 3.12. The monoisotopic (exact) mass is 453 g/mol. The molecule has 1 aliphatic heterocycles. The molecule has 1 aromatic carbocycles. The van der Waals surface area contributed by atoms with E-state index in [2.05, 4.69) is 10.2 Å². The van der Waals surface area contributed by atoms with Crippen LogP contribution >= 0.6 is 0 Å². The quantitative estimate of drug-likeness (QED) is 0.447. The molecule has 0 bridgehead atoms. The number of rotatable bonds is 6. The summed E-state index contributed by atoms with van der Waals surface area (Å²) < 4.78 is 17.1. The number of nitrogens with one attached hydrogen (secondary N) is 1. The van der Waals surface area contributed by atoms with Gasteiger partial charge in [-0.15, -0.1) is 0 Å². The van der Waals surface area contributed by atoms with Gasteiger partial charge >= 0.3 is 17.7 Å². The predicted molar refractivity (Wildman–Crippen MR) is 122 cm³/mol. The zero-order chi connectivity index (χ0) is 23.4. The van der Waals surface area contributed by atoms with Crippen molar-refractivity contribution in [3.63, 3.8) is 0 Å². The normalized spacial score (nSPS) is 14.8. The van der Waals surface area contributed by atoms with Gasteiger partial charge in [0.1, 0.15) is 11.3 Å². The largest absolute Gasteiger partial charge is 0.464 e. The molecule has 0 aliphatic carbocycles. The van der Waals surface area contributed by atoms with Crippen LogP contribution in [0.3, 0.4) is 0 Å². The molecule has 1 amide bonds. The lowest BCUT2D eigenvalue weighted by Gasteiger charge is -2.33. The maximum absolute atomic E-state index is 12.2. The molecular formula is C24H27N3O6. The average Bonchev–Trinajstić information content (AvgIpc) is 3.29. The van der Waals surface area contributed by atoms with Crippen LogP contribution in [0.15, 0.2) is 51.8 Å². The molecule has 1 fully saturated rings. The zero-order valence-corrected chi connectivity index (χ0v) is 18.7. The third-order valence-corrected chi connectivity index (χ3v) is 5.87. The smallest absolute Gasteiger partial charge is 0.411 e. The average molecular weight is 453 g/mol. The summed E-state index contributed by atoms with van der Waals surface area (Å²) in [7, 11) is 1.39. The number of carbonyl (C=O) groups excluding carboxylic acids is 2. The predicted octanol–water partition coefficient (Wildman–Crippen LogP) is 3.79. The van der Waals surface area contributed by atoms with Crippen molar-refractivity contribution < 1.29 is 23.5 Å². The first-order valence-corrected chi connectivity index (χ1v) is 11.0. The molecule has 4 rings (SSSR count). The van der Waals surface area contributed by atoms with Gasteiger partial charge in [0, 0.05) is 55.1 Å². The Morgan fingerprint density at radius 2 is 1.97 bits per heavy atom. The van der Waals surface area contributed by atoms with Crippen molar-refractivity contribution in [2.45, 2.75) is 32.4 Å². The van der Waals surface area contributed by atoms with Crippen LogP contribution in [0.2, 0.25) is 0 Å². The molecule has 9 nitrogen and oxygen atoms in total. The highest BCUT2D eigenvalue weighted by atomic mass is 16.5. The second-order valence-electron chi connectivity index (χ2n) is 7.95. The van der Waals surface area contributed by atoms with Crippen molar-refractivity contribution in [3.8, 4) is 0 Å². The summed E-state index contributed by atoms with van der Waals surface area (Å²) in [4.78, 5) is 38.1. The van der Waals surface area contributed by atoms with E-state index in [1.807, 2.05) is 22.9 Å². The van der Waals surface area contributed by atoms with Crippen LogP contribution in [-0.4, -0.2) is 48.3 Å². The molecular weight excluding hydrogens is 426 g/mol. The van der Waals surface area contributed by atoms with Crippen molar-refractivity contribution in [2.24, 2.45) is 0 Å².